The molecule has 3 nitrogen and oxygen atoms in total. The third-order valence-corrected chi connectivity index (χ3v) is 5.05. The van der Waals surface area contributed by atoms with E-state index in [4.69, 9.17) is 4.74 Å². The highest BCUT2D eigenvalue weighted by molar-refractivity contribution is 9.13. The van der Waals surface area contributed by atoms with Crippen molar-refractivity contribution in [3.8, 4) is 5.75 Å². The first-order valence-electron chi connectivity index (χ1n) is 6.14. The Labute approximate surface area is 124 Å². The quantitative estimate of drug-likeness (QED) is 0.799. The first-order chi connectivity index (χ1) is 8.66. The van der Waals surface area contributed by atoms with Gasteiger partial charge in [0, 0.05) is 24.1 Å². The summed E-state index contributed by atoms with van der Waals surface area (Å²) in [4.78, 5) is 2.28. The van der Waals surface area contributed by atoms with Crippen LogP contribution in [0.1, 0.15) is 12.8 Å². The van der Waals surface area contributed by atoms with Gasteiger partial charge in [-0.3, -0.25) is 0 Å². The first-order valence-corrected chi connectivity index (χ1v) is 7.72. The number of β-amino-alcohol motifs (C(OH)–C–C–N with tert-alkyl or cyclic N) is 1. The summed E-state index contributed by atoms with van der Waals surface area (Å²) in [6, 6.07) is 5.89. The normalized spacial score (nSPS) is 20.3. The molecule has 1 aromatic rings. The van der Waals surface area contributed by atoms with Gasteiger partial charge in [0.2, 0.25) is 0 Å². The van der Waals surface area contributed by atoms with Gasteiger partial charge >= 0.3 is 0 Å². The molecule has 0 bridgehead atoms. The van der Waals surface area contributed by atoms with Crippen LogP contribution < -0.4 is 4.74 Å². The Bertz CT molecular complexity index is 401. The molecule has 0 spiro atoms. The van der Waals surface area contributed by atoms with Crippen molar-refractivity contribution in [3.05, 3.63) is 27.1 Å². The van der Waals surface area contributed by atoms with Crippen LogP contribution in [0.25, 0.3) is 0 Å². The molecule has 2 rings (SSSR count). The fourth-order valence-electron chi connectivity index (χ4n) is 2.08. The van der Waals surface area contributed by atoms with Gasteiger partial charge in [0.25, 0.3) is 0 Å². The SMILES string of the molecule is OC1CCN(CCCOc2cccc(Br)c2Br)C1. The summed E-state index contributed by atoms with van der Waals surface area (Å²) in [6.07, 6.45) is 1.74. The van der Waals surface area contributed by atoms with E-state index in [1.165, 1.54) is 0 Å². The molecule has 1 heterocycles. The predicted octanol–water partition coefficient (Wildman–Crippen LogP) is 3.05. The first kappa shape index (κ1) is 14.3. The van der Waals surface area contributed by atoms with Crippen molar-refractivity contribution < 1.29 is 9.84 Å². The third kappa shape index (κ3) is 3.95. The molecule has 5 heteroatoms. The monoisotopic (exact) mass is 377 g/mol. The summed E-state index contributed by atoms with van der Waals surface area (Å²) < 4.78 is 7.70. The minimum Gasteiger partial charge on any atom is -0.492 e. The molecule has 1 atom stereocenters. The highest BCUT2D eigenvalue weighted by Gasteiger charge is 2.19. The zero-order valence-corrected chi connectivity index (χ0v) is 13.3. The average molecular weight is 379 g/mol. The molecule has 0 amide bonds. The van der Waals surface area contributed by atoms with E-state index in [-0.39, 0.29) is 6.10 Å². The molecular formula is C13H17Br2NO2. The van der Waals surface area contributed by atoms with E-state index in [2.05, 4.69) is 36.8 Å². The lowest BCUT2D eigenvalue weighted by atomic mass is 10.3. The maximum Gasteiger partial charge on any atom is 0.134 e. The second kappa shape index (κ2) is 6.89. The van der Waals surface area contributed by atoms with Crippen molar-refractivity contribution in [2.75, 3.05) is 26.2 Å². The van der Waals surface area contributed by atoms with Crippen LogP contribution in [-0.2, 0) is 0 Å². The van der Waals surface area contributed by atoms with Gasteiger partial charge in [-0.2, -0.15) is 0 Å². The fourth-order valence-corrected chi connectivity index (χ4v) is 2.81. The molecule has 1 fully saturated rings. The molecule has 18 heavy (non-hydrogen) atoms. The molecule has 1 aromatic carbocycles. The molecule has 0 aromatic heterocycles. The van der Waals surface area contributed by atoms with Crippen LogP contribution in [0.4, 0.5) is 0 Å². The van der Waals surface area contributed by atoms with Gasteiger partial charge in [-0.25, -0.2) is 0 Å². The highest BCUT2D eigenvalue weighted by Crippen LogP contribution is 2.32. The maximum atomic E-state index is 9.42. The molecule has 0 aliphatic carbocycles. The Hall–Kier alpha value is -0.100. The summed E-state index contributed by atoms with van der Waals surface area (Å²) in [5.41, 5.74) is 0. The van der Waals surface area contributed by atoms with Gasteiger partial charge in [-0.15, -0.1) is 0 Å². The molecule has 1 N–H and O–H groups in total. The standard InChI is InChI=1S/C13H17Br2NO2/c14-11-3-1-4-12(13(11)15)18-8-2-6-16-7-5-10(17)9-16/h1,3-4,10,17H,2,5-9H2. The average Bonchev–Trinajstić information content (AvgIpc) is 2.76. The number of aliphatic hydroxyl groups is 1. The lowest BCUT2D eigenvalue weighted by Gasteiger charge is -2.15. The number of hydrogen-bond donors (Lipinski definition) is 1. The van der Waals surface area contributed by atoms with Crippen LogP contribution in [0.2, 0.25) is 0 Å². The lowest BCUT2D eigenvalue weighted by molar-refractivity contribution is 0.173. The Kier molecular flexibility index (Phi) is 5.48. The molecule has 1 aliphatic rings. The molecule has 1 saturated heterocycles. The Morgan fingerprint density at radius 2 is 2.22 bits per heavy atom. The van der Waals surface area contributed by atoms with Gasteiger partial charge in [0.1, 0.15) is 5.75 Å². The van der Waals surface area contributed by atoms with Crippen molar-refractivity contribution in [1.82, 2.24) is 4.90 Å². The molecule has 0 radical (unpaired) electrons. The number of hydrogen-bond acceptors (Lipinski definition) is 3. The summed E-state index contributed by atoms with van der Waals surface area (Å²) in [6.45, 7) is 3.49. The molecule has 100 valence electrons. The Balaban J connectivity index is 1.70. The van der Waals surface area contributed by atoms with Crippen molar-refractivity contribution in [2.24, 2.45) is 0 Å². The second-order valence-electron chi connectivity index (χ2n) is 4.50. The molecule has 0 saturated carbocycles. The largest absolute Gasteiger partial charge is 0.492 e. The molecular weight excluding hydrogens is 362 g/mol. The smallest absolute Gasteiger partial charge is 0.134 e. The topological polar surface area (TPSA) is 32.7 Å². The number of ether oxygens (including phenoxy) is 1. The Morgan fingerprint density at radius 3 is 2.94 bits per heavy atom. The second-order valence-corrected chi connectivity index (χ2v) is 6.14. The fraction of sp³-hybridized carbons (Fsp3) is 0.538. The van der Waals surface area contributed by atoms with E-state index in [1.54, 1.807) is 0 Å². The summed E-state index contributed by atoms with van der Waals surface area (Å²) in [5, 5.41) is 9.42. The van der Waals surface area contributed by atoms with Gasteiger partial charge < -0.3 is 14.7 Å². The van der Waals surface area contributed by atoms with Gasteiger partial charge in [0.15, 0.2) is 0 Å². The molecule has 1 unspecified atom stereocenters. The van der Waals surface area contributed by atoms with Gasteiger partial charge in [-0.1, -0.05) is 6.07 Å². The van der Waals surface area contributed by atoms with Crippen molar-refractivity contribution >= 4 is 31.9 Å². The van der Waals surface area contributed by atoms with Crippen LogP contribution in [-0.4, -0.2) is 42.4 Å². The van der Waals surface area contributed by atoms with E-state index in [0.717, 1.165) is 47.2 Å². The van der Waals surface area contributed by atoms with Crippen molar-refractivity contribution in [2.45, 2.75) is 18.9 Å². The number of aliphatic hydroxyl groups excluding tert-OH is 1. The predicted molar refractivity (Wildman–Crippen MR) is 79.0 cm³/mol. The van der Waals surface area contributed by atoms with Crippen LogP contribution >= 0.6 is 31.9 Å². The Morgan fingerprint density at radius 1 is 1.39 bits per heavy atom. The van der Waals surface area contributed by atoms with Crippen LogP contribution in [0.15, 0.2) is 27.1 Å². The maximum absolute atomic E-state index is 9.42. The zero-order valence-electron chi connectivity index (χ0n) is 10.1. The summed E-state index contributed by atoms with van der Waals surface area (Å²) in [5.74, 6) is 0.867. The minimum atomic E-state index is -0.134. The highest BCUT2D eigenvalue weighted by atomic mass is 79.9. The zero-order chi connectivity index (χ0) is 13.0. The summed E-state index contributed by atoms with van der Waals surface area (Å²) >= 11 is 6.94. The number of nitrogens with zero attached hydrogens (tertiary/aromatic N) is 1. The van der Waals surface area contributed by atoms with E-state index in [1.807, 2.05) is 18.2 Å². The summed E-state index contributed by atoms with van der Waals surface area (Å²) in [7, 11) is 0. The number of halogens is 2. The molecule has 1 aliphatic heterocycles. The minimum absolute atomic E-state index is 0.134. The van der Waals surface area contributed by atoms with Crippen molar-refractivity contribution in [3.63, 3.8) is 0 Å². The van der Waals surface area contributed by atoms with Gasteiger partial charge in [-0.05, 0) is 56.8 Å². The van der Waals surface area contributed by atoms with E-state index >= 15 is 0 Å². The number of rotatable bonds is 5. The lowest BCUT2D eigenvalue weighted by Crippen LogP contribution is -2.24. The number of benzene rings is 1. The number of likely N-dealkylation sites (tertiary alicyclic amines) is 1. The van der Waals surface area contributed by atoms with Crippen LogP contribution in [0.5, 0.6) is 5.75 Å². The van der Waals surface area contributed by atoms with E-state index < -0.39 is 0 Å². The van der Waals surface area contributed by atoms with E-state index in [9.17, 15) is 5.11 Å². The third-order valence-electron chi connectivity index (χ3n) is 3.04. The van der Waals surface area contributed by atoms with Crippen LogP contribution in [0.3, 0.4) is 0 Å². The van der Waals surface area contributed by atoms with Crippen molar-refractivity contribution in [1.29, 1.82) is 0 Å². The van der Waals surface area contributed by atoms with Gasteiger partial charge in [0.05, 0.1) is 17.2 Å². The van der Waals surface area contributed by atoms with E-state index in [0.29, 0.717) is 6.61 Å². The van der Waals surface area contributed by atoms with Crippen LogP contribution in [0, 0.1) is 0 Å².